The Balaban J connectivity index is 0.000000181. The lowest BCUT2D eigenvalue weighted by Crippen LogP contribution is -2.46. The largest absolute Gasteiger partial charge is 0.445 e. The predicted molar refractivity (Wildman–Crippen MR) is 118 cm³/mol. The van der Waals surface area contributed by atoms with Crippen LogP contribution in [0.15, 0.2) is 60.7 Å². The maximum absolute atomic E-state index is 11.3. The van der Waals surface area contributed by atoms with Gasteiger partial charge in [-0.25, -0.2) is 9.59 Å². The molecule has 4 N–H and O–H groups in total. The van der Waals surface area contributed by atoms with Crippen LogP contribution in [0, 0.1) is 0 Å². The van der Waals surface area contributed by atoms with Crippen LogP contribution in [0.1, 0.15) is 36.8 Å². The highest BCUT2D eigenvalue weighted by atomic mass is 16.6. The van der Waals surface area contributed by atoms with Crippen LogP contribution in [0.3, 0.4) is 0 Å². The second-order valence-electron chi connectivity index (χ2n) is 8.06. The zero-order valence-corrected chi connectivity index (χ0v) is 17.9. The Labute approximate surface area is 187 Å². The molecule has 32 heavy (non-hydrogen) atoms. The average Bonchev–Trinajstić information content (AvgIpc) is 2.76. The van der Waals surface area contributed by atoms with Crippen LogP contribution in [0.4, 0.5) is 9.59 Å². The van der Waals surface area contributed by atoms with Crippen molar-refractivity contribution in [3.8, 4) is 0 Å². The summed E-state index contributed by atoms with van der Waals surface area (Å²) < 4.78 is 10.1. The molecule has 8 heteroatoms. The number of amides is 2. The third-order valence-electron chi connectivity index (χ3n) is 5.30. The Bertz CT molecular complexity index is 765. The van der Waals surface area contributed by atoms with Crippen molar-refractivity contribution in [2.24, 2.45) is 0 Å². The van der Waals surface area contributed by atoms with Crippen molar-refractivity contribution in [3.05, 3.63) is 71.8 Å². The summed E-state index contributed by atoms with van der Waals surface area (Å²) in [4.78, 5) is 22.6. The van der Waals surface area contributed by atoms with Gasteiger partial charge in [0.1, 0.15) is 13.2 Å². The number of benzene rings is 2. The molecule has 0 spiro atoms. The van der Waals surface area contributed by atoms with Crippen LogP contribution in [-0.2, 0) is 22.7 Å². The lowest BCUT2D eigenvalue weighted by molar-refractivity contribution is 0.0560. The lowest BCUT2D eigenvalue weighted by atomic mass is 9.90. The zero-order chi connectivity index (χ0) is 22.8. The number of aliphatic hydroxyl groups excluding tert-OH is 2. The van der Waals surface area contributed by atoms with Crippen molar-refractivity contribution in [2.75, 3.05) is 0 Å². The van der Waals surface area contributed by atoms with Crippen molar-refractivity contribution < 1.29 is 29.3 Å². The second-order valence-corrected chi connectivity index (χ2v) is 8.06. The lowest BCUT2D eigenvalue weighted by Gasteiger charge is -2.31. The number of hydrogen-bond acceptors (Lipinski definition) is 6. The van der Waals surface area contributed by atoms with Gasteiger partial charge in [0.05, 0.1) is 12.2 Å². The van der Waals surface area contributed by atoms with E-state index in [2.05, 4.69) is 10.6 Å². The molecule has 0 bridgehead atoms. The maximum atomic E-state index is 11.3. The minimum Gasteiger partial charge on any atom is -0.445 e. The first-order valence-corrected chi connectivity index (χ1v) is 10.8. The Kier molecular flexibility index (Phi) is 8.89. The molecule has 0 aromatic heterocycles. The number of ether oxygens (including phenoxy) is 2. The molecule has 0 atom stereocenters. The van der Waals surface area contributed by atoms with Gasteiger partial charge in [0.25, 0.3) is 0 Å². The summed E-state index contributed by atoms with van der Waals surface area (Å²) in [6.07, 6.45) is 1.14. The van der Waals surface area contributed by atoms with Gasteiger partial charge in [-0.05, 0) is 36.8 Å². The normalized spacial score (nSPS) is 23.3. The van der Waals surface area contributed by atoms with E-state index in [0.717, 1.165) is 11.1 Å². The van der Waals surface area contributed by atoms with Crippen molar-refractivity contribution in [2.45, 2.75) is 63.2 Å². The van der Waals surface area contributed by atoms with E-state index >= 15 is 0 Å². The number of carbonyl (C=O) groups excluding carboxylic acids is 2. The zero-order valence-electron chi connectivity index (χ0n) is 17.9. The summed E-state index contributed by atoms with van der Waals surface area (Å²) in [5.74, 6) is 0. The molecule has 8 nitrogen and oxygen atoms in total. The summed E-state index contributed by atoms with van der Waals surface area (Å²) in [7, 11) is 0. The van der Waals surface area contributed by atoms with E-state index in [1.807, 2.05) is 60.7 Å². The minimum atomic E-state index is -0.416. The van der Waals surface area contributed by atoms with E-state index in [-0.39, 0.29) is 37.5 Å². The van der Waals surface area contributed by atoms with Gasteiger partial charge in [-0.1, -0.05) is 60.7 Å². The van der Waals surface area contributed by atoms with Gasteiger partial charge in [-0.3, -0.25) is 0 Å². The smallest absolute Gasteiger partial charge is 0.407 e. The van der Waals surface area contributed by atoms with Crippen LogP contribution in [0.5, 0.6) is 0 Å². The molecule has 0 heterocycles. The Hall–Kier alpha value is -3.10. The highest BCUT2D eigenvalue weighted by Crippen LogP contribution is 2.20. The van der Waals surface area contributed by atoms with Crippen molar-refractivity contribution in [1.82, 2.24) is 10.6 Å². The van der Waals surface area contributed by atoms with E-state index < -0.39 is 12.2 Å². The van der Waals surface area contributed by atoms with Crippen LogP contribution in [0.25, 0.3) is 0 Å². The molecule has 2 amide bonds. The molecule has 2 saturated carbocycles. The molecular weight excluding hydrogens is 412 g/mol. The summed E-state index contributed by atoms with van der Waals surface area (Å²) in [5.41, 5.74) is 1.93. The summed E-state index contributed by atoms with van der Waals surface area (Å²) in [6, 6.07) is 19.2. The summed E-state index contributed by atoms with van der Waals surface area (Å²) in [5, 5.41) is 23.5. The van der Waals surface area contributed by atoms with Gasteiger partial charge in [0.15, 0.2) is 0 Å². The number of alkyl carbamates (subject to hydrolysis) is 2. The van der Waals surface area contributed by atoms with Crippen molar-refractivity contribution in [1.29, 1.82) is 0 Å². The highest BCUT2D eigenvalue weighted by Gasteiger charge is 2.29. The van der Waals surface area contributed by atoms with Crippen molar-refractivity contribution >= 4 is 12.2 Å². The fourth-order valence-electron chi connectivity index (χ4n) is 3.27. The summed E-state index contributed by atoms with van der Waals surface area (Å²) >= 11 is 0. The SMILES string of the molecule is O=C(NC1CC(O)C1)OCc1ccccc1.O=C(NC1CC(O)C1)OCc1ccccc1. The Morgan fingerprint density at radius 3 is 1.34 bits per heavy atom. The van der Waals surface area contributed by atoms with Crippen LogP contribution >= 0.6 is 0 Å². The number of hydrogen-bond donors (Lipinski definition) is 4. The molecule has 0 aliphatic heterocycles. The molecule has 4 rings (SSSR count). The Morgan fingerprint density at radius 1 is 0.688 bits per heavy atom. The first-order valence-electron chi connectivity index (χ1n) is 10.8. The highest BCUT2D eigenvalue weighted by molar-refractivity contribution is 5.68. The quantitative estimate of drug-likeness (QED) is 0.547. The van der Waals surface area contributed by atoms with E-state index in [1.54, 1.807) is 0 Å². The average molecular weight is 443 g/mol. The molecule has 2 aromatic rings. The van der Waals surface area contributed by atoms with Crippen LogP contribution in [0.2, 0.25) is 0 Å². The molecule has 2 fully saturated rings. The number of rotatable bonds is 6. The third-order valence-corrected chi connectivity index (χ3v) is 5.30. The van der Waals surface area contributed by atoms with Gasteiger partial charge in [0, 0.05) is 12.1 Å². The first-order chi connectivity index (χ1) is 15.5. The topological polar surface area (TPSA) is 117 Å². The molecule has 2 aliphatic carbocycles. The molecule has 0 unspecified atom stereocenters. The number of nitrogens with one attached hydrogen (secondary N) is 2. The first kappa shape index (κ1) is 23.6. The molecule has 2 aromatic carbocycles. The van der Waals surface area contributed by atoms with E-state index in [1.165, 1.54) is 0 Å². The molecule has 0 radical (unpaired) electrons. The molecule has 0 saturated heterocycles. The maximum Gasteiger partial charge on any atom is 0.407 e. The van der Waals surface area contributed by atoms with Gasteiger partial charge in [0.2, 0.25) is 0 Å². The van der Waals surface area contributed by atoms with Gasteiger partial charge in [-0.2, -0.15) is 0 Å². The monoisotopic (exact) mass is 442 g/mol. The number of carbonyl (C=O) groups is 2. The molecular formula is C24H30N2O6. The van der Waals surface area contributed by atoms with Crippen molar-refractivity contribution in [3.63, 3.8) is 0 Å². The fourth-order valence-corrected chi connectivity index (χ4v) is 3.27. The number of aliphatic hydroxyl groups is 2. The summed E-state index contributed by atoms with van der Waals surface area (Å²) in [6.45, 7) is 0.559. The predicted octanol–water partition coefficient (Wildman–Crippen LogP) is 2.87. The molecule has 2 aliphatic rings. The van der Waals surface area contributed by atoms with Crippen LogP contribution < -0.4 is 10.6 Å². The third kappa shape index (κ3) is 8.20. The van der Waals surface area contributed by atoms with Gasteiger partial charge in [-0.15, -0.1) is 0 Å². The van der Waals surface area contributed by atoms with E-state index in [4.69, 9.17) is 19.7 Å². The van der Waals surface area contributed by atoms with Gasteiger partial charge >= 0.3 is 12.2 Å². The van der Waals surface area contributed by atoms with Gasteiger partial charge < -0.3 is 30.3 Å². The Morgan fingerprint density at radius 2 is 1.03 bits per heavy atom. The minimum absolute atomic E-state index is 0.0678. The standard InChI is InChI=1S/2C12H15NO3/c2*14-11-6-10(7-11)13-12(15)16-8-9-4-2-1-3-5-9/h2*1-5,10-11,14H,6-8H2,(H,13,15). The van der Waals surface area contributed by atoms with Crippen LogP contribution in [-0.4, -0.2) is 46.7 Å². The fraction of sp³-hybridized carbons (Fsp3) is 0.417. The van der Waals surface area contributed by atoms with E-state index in [0.29, 0.717) is 25.7 Å². The van der Waals surface area contributed by atoms with E-state index in [9.17, 15) is 9.59 Å². The molecule has 172 valence electrons. The second kappa shape index (κ2) is 12.1.